The Labute approximate surface area is 231 Å². The molecule has 3 heterocycles. The van der Waals surface area contributed by atoms with Crippen molar-refractivity contribution < 1.29 is 28.3 Å². The van der Waals surface area contributed by atoms with Gasteiger partial charge in [-0.05, 0) is 55.3 Å². The Hall–Kier alpha value is -4.79. The highest BCUT2D eigenvalue weighted by Gasteiger charge is 2.35. The van der Waals surface area contributed by atoms with Crippen LogP contribution in [-0.2, 0) is 22.7 Å². The summed E-state index contributed by atoms with van der Waals surface area (Å²) in [6.07, 6.45) is 1.02. The van der Waals surface area contributed by atoms with Crippen LogP contribution in [0.4, 0.5) is 16.2 Å². The summed E-state index contributed by atoms with van der Waals surface area (Å²) in [6.45, 7) is 3.00. The van der Waals surface area contributed by atoms with E-state index in [0.29, 0.717) is 54.3 Å². The quantitative estimate of drug-likeness (QED) is 0.336. The number of hydrogen-bond acceptors (Lipinski definition) is 6. The van der Waals surface area contributed by atoms with Crippen LogP contribution < -0.4 is 15.0 Å². The average Bonchev–Trinajstić information content (AvgIpc) is 3.38. The van der Waals surface area contributed by atoms with Gasteiger partial charge in [0.25, 0.3) is 5.91 Å². The Balaban J connectivity index is 1.11. The fraction of sp³-hybridized carbons (Fsp3) is 0.258. The fourth-order valence-electron chi connectivity index (χ4n) is 5.37. The number of rotatable bonds is 6. The van der Waals surface area contributed by atoms with Gasteiger partial charge >= 0.3 is 6.09 Å². The number of nitrogens with one attached hydrogen (secondary N) is 1. The SMILES string of the molecule is CC(=O)Nc1ccccc1OCc1cc2cc(C(=O)N3CCC(N4C(=O)OCc5ccccc54)CC3)ccc2o1. The van der Waals surface area contributed by atoms with Crippen LogP contribution in [0.25, 0.3) is 11.0 Å². The lowest BCUT2D eigenvalue weighted by molar-refractivity contribution is -0.114. The summed E-state index contributed by atoms with van der Waals surface area (Å²) in [6, 6.07) is 22.2. The Kier molecular flexibility index (Phi) is 6.86. The first-order valence-corrected chi connectivity index (χ1v) is 13.3. The summed E-state index contributed by atoms with van der Waals surface area (Å²) >= 11 is 0. The molecule has 0 bridgehead atoms. The highest BCUT2D eigenvalue weighted by atomic mass is 16.6. The number of piperidine rings is 1. The van der Waals surface area contributed by atoms with Crippen LogP contribution in [0.3, 0.4) is 0 Å². The minimum atomic E-state index is -0.327. The third-order valence-electron chi connectivity index (χ3n) is 7.30. The Morgan fingerprint density at radius 1 is 1.00 bits per heavy atom. The van der Waals surface area contributed by atoms with Gasteiger partial charge in [-0.3, -0.25) is 14.5 Å². The molecule has 0 aliphatic carbocycles. The molecule has 1 fully saturated rings. The van der Waals surface area contributed by atoms with Gasteiger partial charge in [0, 0.05) is 42.6 Å². The number of carbonyl (C=O) groups is 3. The van der Waals surface area contributed by atoms with Gasteiger partial charge in [-0.1, -0.05) is 30.3 Å². The summed E-state index contributed by atoms with van der Waals surface area (Å²) in [5.74, 6) is 0.913. The van der Waals surface area contributed by atoms with Crippen molar-refractivity contribution in [1.82, 2.24) is 4.90 Å². The maximum Gasteiger partial charge on any atom is 0.414 e. The number of cyclic esters (lactones) is 1. The van der Waals surface area contributed by atoms with Gasteiger partial charge in [-0.15, -0.1) is 0 Å². The minimum Gasteiger partial charge on any atom is -0.483 e. The molecule has 3 amide bonds. The molecule has 9 heteroatoms. The molecule has 40 heavy (non-hydrogen) atoms. The van der Waals surface area contributed by atoms with Crippen molar-refractivity contribution >= 4 is 40.3 Å². The van der Waals surface area contributed by atoms with E-state index in [1.165, 1.54) is 6.92 Å². The second kappa shape index (κ2) is 10.8. The topological polar surface area (TPSA) is 101 Å². The molecule has 4 aromatic rings. The standard InChI is InChI=1S/C31H29N3O6/c1-20(35)32-26-7-3-5-9-29(26)38-19-25-17-23-16-21(10-11-28(23)40-25)30(36)33-14-12-24(13-15-33)34-27-8-4-2-6-22(27)18-39-31(34)37/h2-11,16-17,24H,12-15,18-19H2,1H3,(H,32,35). The predicted molar refractivity (Wildman–Crippen MR) is 149 cm³/mol. The van der Waals surface area contributed by atoms with E-state index in [0.717, 1.165) is 16.6 Å². The van der Waals surface area contributed by atoms with Crippen molar-refractivity contribution in [3.63, 3.8) is 0 Å². The normalized spacial score (nSPS) is 15.5. The van der Waals surface area contributed by atoms with Crippen LogP contribution in [0.1, 0.15) is 41.4 Å². The second-order valence-electron chi connectivity index (χ2n) is 10.0. The zero-order valence-corrected chi connectivity index (χ0v) is 22.1. The zero-order chi connectivity index (χ0) is 27.6. The number of hydrogen-bond donors (Lipinski definition) is 1. The molecule has 1 N–H and O–H groups in total. The number of para-hydroxylation sites is 3. The first-order valence-electron chi connectivity index (χ1n) is 13.3. The lowest BCUT2D eigenvalue weighted by atomic mass is 10.00. The number of ether oxygens (including phenoxy) is 2. The molecule has 6 rings (SSSR count). The van der Waals surface area contributed by atoms with Crippen molar-refractivity contribution in [2.75, 3.05) is 23.3 Å². The van der Waals surface area contributed by atoms with Gasteiger partial charge in [0.2, 0.25) is 5.91 Å². The van der Waals surface area contributed by atoms with Gasteiger partial charge in [0.1, 0.15) is 30.3 Å². The van der Waals surface area contributed by atoms with Crippen molar-refractivity contribution in [3.05, 3.63) is 89.7 Å². The molecular weight excluding hydrogens is 510 g/mol. The third-order valence-corrected chi connectivity index (χ3v) is 7.30. The number of furan rings is 1. The van der Waals surface area contributed by atoms with E-state index in [-0.39, 0.29) is 37.2 Å². The molecule has 2 aliphatic heterocycles. The van der Waals surface area contributed by atoms with Gasteiger partial charge in [0.05, 0.1) is 11.4 Å². The predicted octanol–water partition coefficient (Wildman–Crippen LogP) is 5.73. The highest BCUT2D eigenvalue weighted by molar-refractivity contribution is 5.98. The lowest BCUT2D eigenvalue weighted by Crippen LogP contribution is -2.50. The molecule has 0 spiro atoms. The molecule has 3 aromatic carbocycles. The monoisotopic (exact) mass is 539 g/mol. The lowest BCUT2D eigenvalue weighted by Gasteiger charge is -2.40. The molecular formula is C31H29N3O6. The first-order chi connectivity index (χ1) is 19.5. The molecule has 0 atom stereocenters. The van der Waals surface area contributed by atoms with Crippen molar-refractivity contribution in [2.45, 2.75) is 39.0 Å². The molecule has 9 nitrogen and oxygen atoms in total. The summed E-state index contributed by atoms with van der Waals surface area (Å²) in [5, 5.41) is 3.56. The summed E-state index contributed by atoms with van der Waals surface area (Å²) in [5.41, 5.74) is 3.72. The van der Waals surface area contributed by atoms with Crippen molar-refractivity contribution in [2.24, 2.45) is 0 Å². The van der Waals surface area contributed by atoms with Crippen LogP contribution >= 0.6 is 0 Å². The number of nitrogens with zero attached hydrogens (tertiary/aromatic N) is 2. The van der Waals surface area contributed by atoms with E-state index >= 15 is 0 Å². The molecule has 2 aliphatic rings. The summed E-state index contributed by atoms with van der Waals surface area (Å²) < 4.78 is 17.2. The zero-order valence-electron chi connectivity index (χ0n) is 22.1. The van der Waals surface area contributed by atoms with Crippen LogP contribution in [0.15, 0.2) is 77.2 Å². The van der Waals surface area contributed by atoms with Crippen LogP contribution in [0, 0.1) is 0 Å². The Morgan fingerprint density at radius 2 is 1.77 bits per heavy atom. The van der Waals surface area contributed by atoms with Crippen molar-refractivity contribution in [3.8, 4) is 5.75 Å². The van der Waals surface area contributed by atoms with Gasteiger partial charge in [-0.2, -0.15) is 0 Å². The van der Waals surface area contributed by atoms with E-state index in [4.69, 9.17) is 13.9 Å². The molecule has 204 valence electrons. The van der Waals surface area contributed by atoms with Gasteiger partial charge < -0.3 is 24.1 Å². The number of likely N-dealkylation sites (tertiary alicyclic amines) is 1. The largest absolute Gasteiger partial charge is 0.483 e. The number of anilines is 2. The Morgan fingerprint density at radius 3 is 2.60 bits per heavy atom. The minimum absolute atomic E-state index is 0.0207. The average molecular weight is 540 g/mol. The van der Waals surface area contributed by atoms with Crippen molar-refractivity contribution in [1.29, 1.82) is 0 Å². The van der Waals surface area contributed by atoms with E-state index in [2.05, 4.69) is 5.32 Å². The smallest absolute Gasteiger partial charge is 0.414 e. The number of carbonyl (C=O) groups excluding carboxylic acids is 3. The summed E-state index contributed by atoms with van der Waals surface area (Å²) in [4.78, 5) is 41.0. The van der Waals surface area contributed by atoms with E-state index in [1.807, 2.05) is 53.4 Å². The maximum absolute atomic E-state index is 13.4. The molecule has 0 saturated carbocycles. The van der Waals surface area contributed by atoms with Gasteiger partial charge in [0.15, 0.2) is 0 Å². The van der Waals surface area contributed by atoms with E-state index in [1.54, 1.807) is 29.2 Å². The Bertz CT molecular complexity index is 1590. The summed E-state index contributed by atoms with van der Waals surface area (Å²) in [7, 11) is 0. The highest BCUT2D eigenvalue weighted by Crippen LogP contribution is 2.32. The maximum atomic E-state index is 13.4. The number of amides is 3. The first kappa shape index (κ1) is 25.5. The van der Waals surface area contributed by atoms with Crippen LogP contribution in [0.5, 0.6) is 5.75 Å². The number of fused-ring (bicyclic) bond motifs is 2. The number of benzene rings is 3. The van der Waals surface area contributed by atoms with E-state index in [9.17, 15) is 14.4 Å². The molecule has 1 aromatic heterocycles. The second-order valence-corrected chi connectivity index (χ2v) is 10.0. The third kappa shape index (κ3) is 5.10. The fourth-order valence-corrected chi connectivity index (χ4v) is 5.37. The molecule has 0 unspecified atom stereocenters. The molecule has 0 radical (unpaired) electrons. The van der Waals surface area contributed by atoms with Crippen LogP contribution in [-0.4, -0.2) is 41.9 Å². The van der Waals surface area contributed by atoms with Crippen LogP contribution in [0.2, 0.25) is 0 Å². The van der Waals surface area contributed by atoms with Gasteiger partial charge in [-0.25, -0.2) is 4.79 Å². The molecule has 1 saturated heterocycles. The van der Waals surface area contributed by atoms with E-state index < -0.39 is 0 Å².